The van der Waals surface area contributed by atoms with Gasteiger partial charge in [0.25, 0.3) is 0 Å². The summed E-state index contributed by atoms with van der Waals surface area (Å²) in [5.74, 6) is -0.000961. The van der Waals surface area contributed by atoms with Crippen molar-refractivity contribution in [2.24, 2.45) is 11.1 Å². The number of amides is 1. The lowest BCUT2D eigenvalue weighted by molar-refractivity contribution is -0.133. The van der Waals surface area contributed by atoms with E-state index in [2.05, 4.69) is 17.0 Å². The van der Waals surface area contributed by atoms with Crippen LogP contribution in [0.2, 0.25) is 0 Å². The summed E-state index contributed by atoms with van der Waals surface area (Å²) in [5, 5.41) is 0. The molecule has 1 amide bonds. The highest BCUT2D eigenvalue weighted by Crippen LogP contribution is 2.18. The molecule has 0 heterocycles. The van der Waals surface area contributed by atoms with Crippen molar-refractivity contribution in [3.63, 3.8) is 0 Å². The van der Waals surface area contributed by atoms with Gasteiger partial charge in [0.15, 0.2) is 0 Å². The number of nitrogens with zero attached hydrogens (tertiary/aromatic N) is 2. The molecule has 0 aliphatic rings. The zero-order valence-corrected chi connectivity index (χ0v) is 15.7. The number of nitrogens with two attached hydrogens (primary N) is 1. The maximum Gasteiger partial charge on any atom is 0.239 e. The predicted molar refractivity (Wildman–Crippen MR) is 99.3 cm³/mol. The molecule has 1 rings (SSSR count). The van der Waals surface area contributed by atoms with Crippen LogP contribution in [0.3, 0.4) is 0 Å². The Balaban J connectivity index is 0. The molecule has 0 spiro atoms. The van der Waals surface area contributed by atoms with Crippen molar-refractivity contribution in [3.05, 3.63) is 30.3 Å². The molecule has 1 atom stereocenters. The van der Waals surface area contributed by atoms with Crippen LogP contribution in [-0.2, 0) is 4.79 Å². The van der Waals surface area contributed by atoms with Gasteiger partial charge < -0.3 is 15.5 Å². The van der Waals surface area contributed by atoms with Crippen molar-refractivity contribution in [2.75, 3.05) is 32.1 Å². The summed E-state index contributed by atoms with van der Waals surface area (Å²) in [4.78, 5) is 16.1. The lowest BCUT2D eigenvalue weighted by Gasteiger charge is -2.31. The molecular weight excluding hydrogens is 321 g/mol. The minimum absolute atomic E-state index is 0. The Kier molecular flexibility index (Phi) is 10.5. The van der Waals surface area contributed by atoms with Gasteiger partial charge in [-0.3, -0.25) is 4.79 Å². The number of rotatable bonds is 5. The van der Waals surface area contributed by atoms with Gasteiger partial charge in [-0.2, -0.15) is 0 Å². The van der Waals surface area contributed by atoms with Crippen molar-refractivity contribution in [1.82, 2.24) is 4.90 Å². The fourth-order valence-corrected chi connectivity index (χ4v) is 1.83. The van der Waals surface area contributed by atoms with Gasteiger partial charge in [-0.25, -0.2) is 0 Å². The van der Waals surface area contributed by atoms with Crippen LogP contribution in [0.25, 0.3) is 0 Å². The summed E-state index contributed by atoms with van der Waals surface area (Å²) in [6.45, 7) is 7.40. The topological polar surface area (TPSA) is 49.6 Å². The van der Waals surface area contributed by atoms with Crippen LogP contribution in [0, 0.1) is 5.41 Å². The monoisotopic (exact) mass is 349 g/mol. The Morgan fingerprint density at radius 1 is 1.09 bits per heavy atom. The van der Waals surface area contributed by atoms with E-state index in [1.165, 1.54) is 0 Å². The van der Waals surface area contributed by atoms with Gasteiger partial charge in [0.1, 0.15) is 0 Å². The number of benzene rings is 1. The number of likely N-dealkylation sites (N-methyl/N-ethyl adjacent to an activating group) is 2. The SMILES string of the molecule is CN(CCN(C)c1ccccc1)C(=O)[C@@H](N)C(C)(C)C.Cl.Cl. The third kappa shape index (κ3) is 6.86. The zero-order chi connectivity index (χ0) is 15.3. The molecule has 1 aromatic carbocycles. The highest BCUT2D eigenvalue weighted by molar-refractivity contribution is 5.85. The molecule has 0 saturated carbocycles. The van der Waals surface area contributed by atoms with E-state index in [0.717, 1.165) is 12.2 Å². The van der Waals surface area contributed by atoms with E-state index in [0.29, 0.717) is 6.54 Å². The average Bonchev–Trinajstić information content (AvgIpc) is 2.42. The highest BCUT2D eigenvalue weighted by atomic mass is 35.5. The van der Waals surface area contributed by atoms with Gasteiger partial charge in [-0.05, 0) is 17.5 Å². The minimum atomic E-state index is -0.463. The molecule has 0 saturated heterocycles. The van der Waals surface area contributed by atoms with Gasteiger partial charge in [0, 0.05) is 32.9 Å². The molecule has 4 nitrogen and oxygen atoms in total. The molecule has 0 unspecified atom stereocenters. The number of halogens is 2. The standard InChI is InChI=1S/C16H27N3O.2ClH/c1-16(2,3)14(17)15(20)19(5)12-11-18(4)13-9-7-6-8-10-13;;/h6-10,14H,11-12,17H2,1-5H3;2*1H/t14-;;/m1../s1. The summed E-state index contributed by atoms with van der Waals surface area (Å²) < 4.78 is 0. The van der Waals surface area contributed by atoms with E-state index in [4.69, 9.17) is 5.73 Å². The van der Waals surface area contributed by atoms with Crippen LogP contribution >= 0.6 is 24.8 Å². The van der Waals surface area contributed by atoms with E-state index in [1.807, 2.05) is 53.1 Å². The molecule has 0 bridgehead atoms. The fraction of sp³-hybridized carbons (Fsp3) is 0.562. The first-order chi connectivity index (χ1) is 9.23. The van der Waals surface area contributed by atoms with Gasteiger partial charge in [0.2, 0.25) is 5.91 Å². The molecular formula is C16H29Cl2N3O. The predicted octanol–water partition coefficient (Wildman–Crippen LogP) is 2.80. The van der Waals surface area contributed by atoms with Gasteiger partial charge in [-0.15, -0.1) is 24.8 Å². The number of para-hydroxylation sites is 1. The molecule has 0 fully saturated rings. The van der Waals surface area contributed by atoms with Crippen LogP contribution in [0.5, 0.6) is 0 Å². The second kappa shape index (κ2) is 9.93. The molecule has 6 heteroatoms. The Hall–Kier alpha value is -0.970. The van der Waals surface area contributed by atoms with E-state index in [-0.39, 0.29) is 36.1 Å². The molecule has 0 aliphatic heterocycles. The first kappa shape index (κ1) is 23.3. The highest BCUT2D eigenvalue weighted by Gasteiger charge is 2.29. The summed E-state index contributed by atoms with van der Waals surface area (Å²) in [7, 11) is 3.84. The maximum atomic E-state index is 12.2. The minimum Gasteiger partial charge on any atom is -0.373 e. The van der Waals surface area contributed by atoms with Crippen LogP contribution in [0.4, 0.5) is 5.69 Å². The van der Waals surface area contributed by atoms with Crippen molar-refractivity contribution in [2.45, 2.75) is 26.8 Å². The molecule has 0 aromatic heterocycles. The first-order valence-corrected chi connectivity index (χ1v) is 7.00. The summed E-state index contributed by atoms with van der Waals surface area (Å²) >= 11 is 0. The first-order valence-electron chi connectivity index (χ1n) is 7.00. The van der Waals surface area contributed by atoms with Gasteiger partial charge in [-0.1, -0.05) is 39.0 Å². The van der Waals surface area contributed by atoms with Gasteiger partial charge in [0.05, 0.1) is 6.04 Å². The quantitative estimate of drug-likeness (QED) is 0.888. The van der Waals surface area contributed by atoms with E-state index in [9.17, 15) is 4.79 Å². The Bertz CT molecular complexity index is 435. The number of anilines is 1. The second-order valence-corrected chi connectivity index (χ2v) is 6.36. The van der Waals surface area contributed by atoms with Crippen molar-refractivity contribution in [3.8, 4) is 0 Å². The van der Waals surface area contributed by atoms with E-state index < -0.39 is 6.04 Å². The molecule has 128 valence electrons. The second-order valence-electron chi connectivity index (χ2n) is 6.36. The molecule has 2 N–H and O–H groups in total. The largest absolute Gasteiger partial charge is 0.373 e. The van der Waals surface area contributed by atoms with Crippen molar-refractivity contribution < 1.29 is 4.79 Å². The molecule has 0 radical (unpaired) electrons. The zero-order valence-electron chi connectivity index (χ0n) is 14.1. The Labute approximate surface area is 146 Å². The van der Waals surface area contributed by atoms with E-state index >= 15 is 0 Å². The lowest BCUT2D eigenvalue weighted by Crippen LogP contribution is -2.50. The van der Waals surface area contributed by atoms with Crippen LogP contribution in [-0.4, -0.2) is 44.0 Å². The lowest BCUT2D eigenvalue weighted by atomic mass is 9.86. The fourth-order valence-electron chi connectivity index (χ4n) is 1.83. The summed E-state index contributed by atoms with van der Waals surface area (Å²) in [6, 6.07) is 9.67. The third-order valence-electron chi connectivity index (χ3n) is 3.54. The number of hydrogen-bond acceptors (Lipinski definition) is 3. The number of hydrogen-bond donors (Lipinski definition) is 1. The van der Waals surface area contributed by atoms with Crippen LogP contribution in [0.15, 0.2) is 30.3 Å². The third-order valence-corrected chi connectivity index (χ3v) is 3.54. The smallest absolute Gasteiger partial charge is 0.239 e. The Morgan fingerprint density at radius 2 is 1.59 bits per heavy atom. The molecule has 0 aliphatic carbocycles. The Morgan fingerprint density at radius 3 is 2.05 bits per heavy atom. The van der Waals surface area contributed by atoms with Gasteiger partial charge >= 0.3 is 0 Å². The maximum absolute atomic E-state index is 12.2. The van der Waals surface area contributed by atoms with Crippen LogP contribution < -0.4 is 10.6 Å². The summed E-state index contributed by atoms with van der Waals surface area (Å²) in [6.07, 6.45) is 0. The summed E-state index contributed by atoms with van der Waals surface area (Å²) in [5.41, 5.74) is 6.94. The number of carbonyl (C=O) groups is 1. The van der Waals surface area contributed by atoms with Crippen LogP contribution in [0.1, 0.15) is 20.8 Å². The molecule has 1 aromatic rings. The molecule has 22 heavy (non-hydrogen) atoms. The van der Waals surface area contributed by atoms with Crippen molar-refractivity contribution in [1.29, 1.82) is 0 Å². The van der Waals surface area contributed by atoms with Crippen molar-refractivity contribution >= 4 is 36.4 Å². The normalized spacial score (nSPS) is 11.7. The average molecular weight is 350 g/mol. The number of carbonyl (C=O) groups excluding carboxylic acids is 1. The van der Waals surface area contributed by atoms with E-state index in [1.54, 1.807) is 4.90 Å².